The maximum Gasteiger partial charge on any atom is 0.107 e. The average Bonchev–Trinajstić information content (AvgIpc) is 2.28. The Bertz CT molecular complexity index is 297. The summed E-state index contributed by atoms with van der Waals surface area (Å²) in [7, 11) is 0. The van der Waals surface area contributed by atoms with Gasteiger partial charge in [-0.1, -0.05) is 6.58 Å². The molecule has 0 radical (unpaired) electrons. The third-order valence-corrected chi connectivity index (χ3v) is 1.84. The molecule has 0 saturated heterocycles. The number of aliphatic hydroxyl groups is 1. The van der Waals surface area contributed by atoms with Gasteiger partial charge in [0.15, 0.2) is 0 Å². The van der Waals surface area contributed by atoms with Crippen LogP contribution in [0.4, 0.5) is 0 Å². The number of hydrogen-bond acceptors (Lipinski definition) is 2. The molecular weight excluding hydrogens is 152 g/mol. The molecule has 1 unspecified atom stereocenters. The molecule has 1 rings (SSSR count). The minimum Gasteiger partial charge on any atom is -0.466 e. The van der Waals surface area contributed by atoms with Crippen LogP contribution in [0.15, 0.2) is 22.6 Å². The number of rotatable bonds is 2. The highest BCUT2D eigenvalue weighted by Gasteiger charge is 2.14. The summed E-state index contributed by atoms with van der Waals surface area (Å²) in [6, 6.07) is 1.84. The predicted molar refractivity (Wildman–Crippen MR) is 48.0 cm³/mol. The van der Waals surface area contributed by atoms with Crippen molar-refractivity contribution in [3.05, 3.63) is 35.3 Å². The van der Waals surface area contributed by atoms with E-state index in [1.807, 2.05) is 19.9 Å². The Balaban J connectivity index is 3.02. The maximum absolute atomic E-state index is 9.63. The van der Waals surface area contributed by atoms with Crippen molar-refractivity contribution in [2.24, 2.45) is 0 Å². The highest BCUT2D eigenvalue weighted by atomic mass is 16.3. The Hall–Kier alpha value is -1.02. The second-order valence-electron chi connectivity index (χ2n) is 3.12. The number of aliphatic hydroxyl groups excluding tert-OH is 1. The van der Waals surface area contributed by atoms with Crippen LogP contribution in [0.25, 0.3) is 0 Å². The summed E-state index contributed by atoms with van der Waals surface area (Å²) in [4.78, 5) is 0. The summed E-state index contributed by atoms with van der Waals surface area (Å²) in [6.07, 6.45) is -0.595. The molecule has 0 aromatic carbocycles. The van der Waals surface area contributed by atoms with Crippen LogP contribution < -0.4 is 0 Å². The molecule has 0 aliphatic heterocycles. The minimum absolute atomic E-state index is 0.595. The van der Waals surface area contributed by atoms with Crippen LogP contribution in [0.1, 0.15) is 30.1 Å². The van der Waals surface area contributed by atoms with Crippen molar-refractivity contribution in [3.63, 3.8) is 0 Å². The number of furan rings is 1. The zero-order valence-electron chi connectivity index (χ0n) is 7.72. The number of hydrogen-bond donors (Lipinski definition) is 1. The molecule has 0 spiro atoms. The Morgan fingerprint density at radius 1 is 1.58 bits per heavy atom. The molecule has 1 atom stereocenters. The van der Waals surface area contributed by atoms with Gasteiger partial charge in [-0.3, -0.25) is 0 Å². The van der Waals surface area contributed by atoms with Crippen LogP contribution in [-0.4, -0.2) is 5.11 Å². The molecule has 0 aliphatic rings. The van der Waals surface area contributed by atoms with E-state index in [0.717, 1.165) is 22.7 Å². The van der Waals surface area contributed by atoms with E-state index in [0.29, 0.717) is 0 Å². The molecule has 0 fully saturated rings. The summed E-state index contributed by atoms with van der Waals surface area (Å²) in [5.41, 5.74) is 1.55. The van der Waals surface area contributed by atoms with Crippen LogP contribution in [-0.2, 0) is 0 Å². The van der Waals surface area contributed by atoms with Gasteiger partial charge in [0.2, 0.25) is 0 Å². The van der Waals surface area contributed by atoms with Gasteiger partial charge in [0.1, 0.15) is 17.6 Å². The molecule has 1 heterocycles. The van der Waals surface area contributed by atoms with E-state index < -0.39 is 6.10 Å². The first-order valence-electron chi connectivity index (χ1n) is 3.92. The molecule has 0 aliphatic carbocycles. The zero-order chi connectivity index (χ0) is 9.30. The van der Waals surface area contributed by atoms with E-state index in [9.17, 15) is 5.11 Å². The quantitative estimate of drug-likeness (QED) is 0.685. The molecule has 0 amide bonds. The van der Waals surface area contributed by atoms with Gasteiger partial charge >= 0.3 is 0 Å². The lowest BCUT2D eigenvalue weighted by atomic mass is 10.1. The van der Waals surface area contributed by atoms with Crippen molar-refractivity contribution in [1.82, 2.24) is 0 Å². The van der Waals surface area contributed by atoms with Crippen LogP contribution in [0.3, 0.4) is 0 Å². The highest BCUT2D eigenvalue weighted by Crippen LogP contribution is 2.25. The van der Waals surface area contributed by atoms with Crippen molar-refractivity contribution in [1.29, 1.82) is 0 Å². The van der Waals surface area contributed by atoms with E-state index in [1.54, 1.807) is 6.92 Å². The maximum atomic E-state index is 9.63. The summed E-state index contributed by atoms with van der Waals surface area (Å²) in [5.74, 6) is 1.59. The molecule has 0 saturated carbocycles. The average molecular weight is 166 g/mol. The highest BCUT2D eigenvalue weighted by molar-refractivity contribution is 5.27. The van der Waals surface area contributed by atoms with E-state index in [4.69, 9.17) is 4.42 Å². The molecule has 1 aromatic heterocycles. The normalized spacial score (nSPS) is 13.0. The van der Waals surface area contributed by atoms with E-state index in [2.05, 4.69) is 6.58 Å². The standard InChI is InChI=1S/C10H14O2/c1-6(2)10(11)9-5-7(3)12-8(9)4/h5,10-11H,1H2,2-4H3. The molecule has 12 heavy (non-hydrogen) atoms. The Labute approximate surface area is 72.5 Å². The summed E-state index contributed by atoms with van der Waals surface area (Å²) >= 11 is 0. The first-order chi connectivity index (χ1) is 5.52. The molecule has 66 valence electrons. The third-order valence-electron chi connectivity index (χ3n) is 1.84. The summed E-state index contributed by atoms with van der Waals surface area (Å²) in [5, 5.41) is 9.63. The molecular formula is C10H14O2. The van der Waals surface area contributed by atoms with Crippen molar-refractivity contribution >= 4 is 0 Å². The van der Waals surface area contributed by atoms with E-state index >= 15 is 0 Å². The van der Waals surface area contributed by atoms with Crippen molar-refractivity contribution in [3.8, 4) is 0 Å². The van der Waals surface area contributed by atoms with Crippen LogP contribution in [0.2, 0.25) is 0 Å². The first kappa shape index (κ1) is 9.07. The van der Waals surface area contributed by atoms with Gasteiger partial charge in [-0.2, -0.15) is 0 Å². The lowest BCUT2D eigenvalue weighted by Gasteiger charge is -2.07. The Morgan fingerprint density at radius 2 is 2.17 bits per heavy atom. The molecule has 2 nitrogen and oxygen atoms in total. The van der Waals surface area contributed by atoms with E-state index in [1.165, 1.54) is 0 Å². The van der Waals surface area contributed by atoms with Gasteiger partial charge in [-0.15, -0.1) is 0 Å². The van der Waals surface area contributed by atoms with Gasteiger partial charge in [-0.05, 0) is 32.4 Å². The topological polar surface area (TPSA) is 33.4 Å². The van der Waals surface area contributed by atoms with Crippen LogP contribution in [0, 0.1) is 13.8 Å². The zero-order valence-corrected chi connectivity index (χ0v) is 7.72. The van der Waals surface area contributed by atoms with Gasteiger partial charge in [0.05, 0.1) is 0 Å². The van der Waals surface area contributed by atoms with Gasteiger partial charge in [0.25, 0.3) is 0 Å². The second-order valence-corrected chi connectivity index (χ2v) is 3.12. The SMILES string of the molecule is C=C(C)C(O)c1cc(C)oc1C. The lowest BCUT2D eigenvalue weighted by molar-refractivity contribution is 0.214. The van der Waals surface area contributed by atoms with Crippen molar-refractivity contribution < 1.29 is 9.52 Å². The van der Waals surface area contributed by atoms with Crippen molar-refractivity contribution in [2.75, 3.05) is 0 Å². The van der Waals surface area contributed by atoms with Gasteiger partial charge in [-0.25, -0.2) is 0 Å². The molecule has 1 N–H and O–H groups in total. The fourth-order valence-corrected chi connectivity index (χ4v) is 1.19. The molecule has 2 heteroatoms. The first-order valence-corrected chi connectivity index (χ1v) is 3.92. The predicted octanol–water partition coefficient (Wildman–Crippen LogP) is 2.51. The van der Waals surface area contributed by atoms with Gasteiger partial charge in [0, 0.05) is 5.56 Å². The van der Waals surface area contributed by atoms with E-state index in [-0.39, 0.29) is 0 Å². The van der Waals surface area contributed by atoms with Gasteiger partial charge < -0.3 is 9.52 Å². The molecule has 0 bridgehead atoms. The largest absolute Gasteiger partial charge is 0.466 e. The Kier molecular flexibility index (Phi) is 2.38. The fourth-order valence-electron chi connectivity index (χ4n) is 1.19. The summed E-state index contributed by atoms with van der Waals surface area (Å²) < 4.78 is 5.28. The smallest absolute Gasteiger partial charge is 0.107 e. The lowest BCUT2D eigenvalue weighted by Crippen LogP contribution is -1.97. The second kappa shape index (κ2) is 3.15. The third kappa shape index (κ3) is 1.59. The number of aryl methyl sites for hydroxylation is 2. The van der Waals surface area contributed by atoms with Crippen molar-refractivity contribution in [2.45, 2.75) is 26.9 Å². The fraction of sp³-hybridized carbons (Fsp3) is 0.400. The summed E-state index contributed by atoms with van der Waals surface area (Å²) in [6.45, 7) is 9.19. The van der Waals surface area contributed by atoms with Crippen LogP contribution in [0.5, 0.6) is 0 Å². The monoisotopic (exact) mass is 166 g/mol. The molecule has 1 aromatic rings. The van der Waals surface area contributed by atoms with Crippen LogP contribution >= 0.6 is 0 Å². The Morgan fingerprint density at radius 3 is 2.50 bits per heavy atom. The minimum atomic E-state index is -0.595.